The highest BCUT2D eigenvalue weighted by Gasteiger charge is 2.17. The molecule has 1 N–H and O–H groups in total. The second-order valence-corrected chi connectivity index (χ2v) is 4.88. The molecular formula is C13H16ClN3. The third kappa shape index (κ3) is 2.91. The molecule has 3 nitrogen and oxygen atoms in total. The van der Waals surface area contributed by atoms with Crippen molar-refractivity contribution in [1.29, 1.82) is 5.26 Å². The van der Waals surface area contributed by atoms with Gasteiger partial charge in [-0.05, 0) is 37.6 Å². The average molecular weight is 250 g/mol. The summed E-state index contributed by atoms with van der Waals surface area (Å²) < 4.78 is 0. The van der Waals surface area contributed by atoms with E-state index in [9.17, 15) is 0 Å². The SMILES string of the molecule is CN(CC1CCCN1)c1cc(Cl)ccc1C#N. The Labute approximate surface area is 107 Å². The minimum absolute atomic E-state index is 0.519. The van der Waals surface area contributed by atoms with Gasteiger partial charge in [0.25, 0.3) is 0 Å². The fraction of sp³-hybridized carbons (Fsp3) is 0.462. The number of hydrogen-bond donors (Lipinski definition) is 1. The van der Waals surface area contributed by atoms with Gasteiger partial charge in [-0.15, -0.1) is 0 Å². The first-order valence-corrected chi connectivity index (χ1v) is 6.22. The van der Waals surface area contributed by atoms with E-state index in [-0.39, 0.29) is 0 Å². The lowest BCUT2D eigenvalue weighted by Crippen LogP contribution is -2.35. The molecule has 4 heteroatoms. The van der Waals surface area contributed by atoms with Crippen LogP contribution in [-0.4, -0.2) is 26.2 Å². The van der Waals surface area contributed by atoms with Gasteiger partial charge in [-0.2, -0.15) is 5.26 Å². The number of hydrogen-bond acceptors (Lipinski definition) is 3. The second-order valence-electron chi connectivity index (χ2n) is 4.45. The van der Waals surface area contributed by atoms with Crippen molar-refractivity contribution >= 4 is 17.3 Å². The summed E-state index contributed by atoms with van der Waals surface area (Å²) in [4.78, 5) is 2.10. The maximum absolute atomic E-state index is 9.08. The first-order chi connectivity index (χ1) is 8.20. The molecule has 0 aromatic heterocycles. The van der Waals surface area contributed by atoms with E-state index < -0.39 is 0 Å². The van der Waals surface area contributed by atoms with Gasteiger partial charge in [-0.25, -0.2) is 0 Å². The normalized spacial score (nSPS) is 19.0. The van der Waals surface area contributed by atoms with Crippen molar-refractivity contribution in [3.8, 4) is 6.07 Å². The lowest BCUT2D eigenvalue weighted by molar-refractivity contribution is 0.599. The summed E-state index contributed by atoms with van der Waals surface area (Å²) in [6.07, 6.45) is 2.44. The Morgan fingerprint density at radius 3 is 3.06 bits per heavy atom. The Bertz CT molecular complexity index is 433. The Kier molecular flexibility index (Phi) is 3.88. The van der Waals surface area contributed by atoms with E-state index >= 15 is 0 Å². The molecule has 17 heavy (non-hydrogen) atoms. The molecule has 0 spiro atoms. The van der Waals surface area contributed by atoms with Crippen molar-refractivity contribution in [3.05, 3.63) is 28.8 Å². The highest BCUT2D eigenvalue weighted by Crippen LogP contribution is 2.24. The third-order valence-corrected chi connectivity index (χ3v) is 3.38. The topological polar surface area (TPSA) is 39.1 Å². The van der Waals surface area contributed by atoms with Crippen LogP contribution in [-0.2, 0) is 0 Å². The van der Waals surface area contributed by atoms with Crippen molar-refractivity contribution in [2.75, 3.05) is 25.0 Å². The van der Waals surface area contributed by atoms with E-state index in [0.717, 1.165) is 18.8 Å². The second kappa shape index (κ2) is 5.39. The molecule has 0 bridgehead atoms. The monoisotopic (exact) mass is 249 g/mol. The maximum atomic E-state index is 9.08. The molecule has 1 heterocycles. The average Bonchev–Trinajstić information content (AvgIpc) is 2.81. The maximum Gasteiger partial charge on any atom is 0.101 e. The van der Waals surface area contributed by atoms with Crippen LogP contribution in [0.25, 0.3) is 0 Å². The summed E-state index contributed by atoms with van der Waals surface area (Å²) in [7, 11) is 2.01. The van der Waals surface area contributed by atoms with Crippen molar-refractivity contribution < 1.29 is 0 Å². The zero-order chi connectivity index (χ0) is 12.3. The van der Waals surface area contributed by atoms with Gasteiger partial charge < -0.3 is 10.2 Å². The van der Waals surface area contributed by atoms with Crippen LogP contribution in [0.5, 0.6) is 0 Å². The van der Waals surface area contributed by atoms with Gasteiger partial charge >= 0.3 is 0 Å². The summed E-state index contributed by atoms with van der Waals surface area (Å²) in [5, 5.41) is 13.2. The molecule has 0 amide bonds. The molecule has 1 aliphatic rings. The summed E-state index contributed by atoms with van der Waals surface area (Å²) in [6, 6.07) is 8.11. The molecule has 1 fully saturated rings. The van der Waals surface area contributed by atoms with Crippen LogP contribution in [0.15, 0.2) is 18.2 Å². The minimum atomic E-state index is 0.519. The first kappa shape index (κ1) is 12.2. The molecule has 1 aliphatic heterocycles. The lowest BCUT2D eigenvalue weighted by Gasteiger charge is -2.24. The number of nitrogens with zero attached hydrogens (tertiary/aromatic N) is 2. The molecule has 90 valence electrons. The summed E-state index contributed by atoms with van der Waals surface area (Å²) in [5.41, 5.74) is 1.59. The molecule has 1 unspecified atom stereocenters. The molecule has 1 aromatic carbocycles. The number of likely N-dealkylation sites (N-methyl/N-ethyl adjacent to an activating group) is 1. The fourth-order valence-corrected chi connectivity index (χ4v) is 2.42. The van der Waals surface area contributed by atoms with Crippen LogP contribution in [0.4, 0.5) is 5.69 Å². The standard InChI is InChI=1S/C13H16ClN3/c1-17(9-12-3-2-6-16-12)13-7-11(14)5-4-10(13)8-15/h4-5,7,12,16H,2-3,6,9H2,1H3. The summed E-state index contributed by atoms with van der Waals surface area (Å²) in [6.45, 7) is 2.01. The predicted molar refractivity (Wildman–Crippen MR) is 70.5 cm³/mol. The van der Waals surface area contributed by atoms with E-state index in [0.29, 0.717) is 16.6 Å². The van der Waals surface area contributed by atoms with Crippen LogP contribution in [0.1, 0.15) is 18.4 Å². The first-order valence-electron chi connectivity index (χ1n) is 5.85. The summed E-state index contributed by atoms with van der Waals surface area (Å²) in [5.74, 6) is 0. The number of nitrogens with one attached hydrogen (secondary N) is 1. The Morgan fingerprint density at radius 2 is 2.41 bits per heavy atom. The zero-order valence-corrected chi connectivity index (χ0v) is 10.7. The minimum Gasteiger partial charge on any atom is -0.372 e. The van der Waals surface area contributed by atoms with Gasteiger partial charge in [0.1, 0.15) is 6.07 Å². The van der Waals surface area contributed by atoms with Gasteiger partial charge in [0.05, 0.1) is 11.3 Å². The van der Waals surface area contributed by atoms with Gasteiger partial charge in [-0.1, -0.05) is 11.6 Å². The van der Waals surface area contributed by atoms with E-state index in [4.69, 9.17) is 16.9 Å². The quantitative estimate of drug-likeness (QED) is 0.894. The Balaban J connectivity index is 2.14. The smallest absolute Gasteiger partial charge is 0.101 e. The molecule has 1 aromatic rings. The van der Waals surface area contributed by atoms with E-state index in [1.54, 1.807) is 12.1 Å². The number of anilines is 1. The number of halogens is 1. The van der Waals surface area contributed by atoms with E-state index in [1.165, 1.54) is 12.8 Å². The van der Waals surface area contributed by atoms with E-state index in [2.05, 4.69) is 16.3 Å². The molecule has 0 aliphatic carbocycles. The van der Waals surface area contributed by atoms with Crippen molar-refractivity contribution in [2.24, 2.45) is 0 Å². The van der Waals surface area contributed by atoms with Crippen LogP contribution < -0.4 is 10.2 Å². The number of nitriles is 1. The van der Waals surface area contributed by atoms with Gasteiger partial charge in [-0.3, -0.25) is 0 Å². The molecular weight excluding hydrogens is 234 g/mol. The van der Waals surface area contributed by atoms with Crippen LogP contribution in [0.3, 0.4) is 0 Å². The molecule has 0 saturated carbocycles. The predicted octanol–water partition coefficient (Wildman–Crippen LogP) is 2.40. The van der Waals surface area contributed by atoms with Crippen LogP contribution >= 0.6 is 11.6 Å². The van der Waals surface area contributed by atoms with Crippen molar-refractivity contribution in [2.45, 2.75) is 18.9 Å². The third-order valence-electron chi connectivity index (χ3n) is 3.15. The van der Waals surface area contributed by atoms with Gasteiger partial charge in [0.15, 0.2) is 0 Å². The number of rotatable bonds is 3. The highest BCUT2D eigenvalue weighted by molar-refractivity contribution is 6.30. The van der Waals surface area contributed by atoms with Crippen LogP contribution in [0.2, 0.25) is 5.02 Å². The largest absolute Gasteiger partial charge is 0.372 e. The molecule has 1 atom stereocenters. The van der Waals surface area contributed by atoms with Crippen molar-refractivity contribution in [3.63, 3.8) is 0 Å². The lowest BCUT2D eigenvalue weighted by atomic mass is 10.1. The van der Waals surface area contributed by atoms with Gasteiger partial charge in [0, 0.05) is 24.7 Å². The molecule has 1 saturated heterocycles. The Hall–Kier alpha value is -1.24. The van der Waals surface area contributed by atoms with E-state index in [1.807, 2.05) is 13.1 Å². The van der Waals surface area contributed by atoms with Crippen molar-refractivity contribution in [1.82, 2.24) is 5.32 Å². The zero-order valence-electron chi connectivity index (χ0n) is 9.91. The highest BCUT2D eigenvalue weighted by atomic mass is 35.5. The van der Waals surface area contributed by atoms with Crippen LogP contribution in [0, 0.1) is 11.3 Å². The summed E-state index contributed by atoms with van der Waals surface area (Å²) >= 11 is 5.98. The molecule has 2 rings (SSSR count). The Morgan fingerprint density at radius 1 is 1.59 bits per heavy atom. The number of benzene rings is 1. The fourth-order valence-electron chi connectivity index (χ4n) is 2.26. The molecule has 0 radical (unpaired) electrons. The van der Waals surface area contributed by atoms with Gasteiger partial charge in [0.2, 0.25) is 0 Å².